The summed E-state index contributed by atoms with van der Waals surface area (Å²) in [5, 5.41) is 1.68. The summed E-state index contributed by atoms with van der Waals surface area (Å²) in [5.74, 6) is -2.89. The van der Waals surface area contributed by atoms with E-state index in [-0.39, 0.29) is 16.0 Å². The largest absolute Gasteiger partial charge is 0.573 e. The highest BCUT2D eigenvalue weighted by molar-refractivity contribution is 7.17. The molecular weight excluding hydrogens is 597 g/mol. The predicted molar refractivity (Wildman–Crippen MR) is 156 cm³/mol. The van der Waals surface area contributed by atoms with Crippen molar-refractivity contribution >= 4 is 39.8 Å². The summed E-state index contributed by atoms with van der Waals surface area (Å²) < 4.78 is 47.6. The van der Waals surface area contributed by atoms with Gasteiger partial charge >= 0.3 is 12.3 Å². The van der Waals surface area contributed by atoms with E-state index in [4.69, 9.17) is 9.57 Å². The van der Waals surface area contributed by atoms with E-state index >= 15 is 0 Å². The lowest BCUT2D eigenvalue weighted by molar-refractivity contribution is -0.274. The monoisotopic (exact) mass is 628 g/mol. The number of carbonyl (C=O) groups is 3. The first-order valence-electron chi connectivity index (χ1n) is 14.3. The Bertz CT molecular complexity index is 1600. The van der Waals surface area contributed by atoms with Crippen LogP contribution in [-0.4, -0.2) is 37.4 Å². The Morgan fingerprint density at radius 1 is 1.00 bits per heavy atom. The van der Waals surface area contributed by atoms with Crippen molar-refractivity contribution in [2.24, 2.45) is 17.3 Å². The quantitative estimate of drug-likeness (QED) is 0.232. The third-order valence-electron chi connectivity index (χ3n) is 8.65. The maximum Gasteiger partial charge on any atom is 0.573 e. The fraction of sp³-hybridized carbons (Fsp3) is 0.406. The van der Waals surface area contributed by atoms with Crippen LogP contribution in [0.2, 0.25) is 0 Å². The van der Waals surface area contributed by atoms with Gasteiger partial charge in [-0.1, -0.05) is 51.1 Å². The second kappa shape index (κ2) is 10.9. The first-order valence-corrected chi connectivity index (χ1v) is 15.1. The number of anilines is 2. The molecule has 3 heterocycles. The Morgan fingerprint density at radius 3 is 2.30 bits per heavy atom. The molecule has 2 aliphatic heterocycles. The number of para-hydroxylation sites is 1. The zero-order valence-corrected chi connectivity index (χ0v) is 25.3. The molecule has 4 atom stereocenters. The smallest absolute Gasteiger partial charge is 0.465 e. The van der Waals surface area contributed by atoms with Crippen LogP contribution < -0.4 is 14.7 Å². The number of thiophene rings is 1. The van der Waals surface area contributed by atoms with Gasteiger partial charge in [0.05, 0.1) is 24.4 Å². The summed E-state index contributed by atoms with van der Waals surface area (Å²) in [6, 6.07) is 13.1. The summed E-state index contributed by atoms with van der Waals surface area (Å²) in [5.41, 5.74) is 2.08. The topological polar surface area (TPSA) is 85.4 Å². The van der Waals surface area contributed by atoms with E-state index in [0.29, 0.717) is 30.0 Å². The first kappa shape index (κ1) is 30.1. The molecule has 1 aliphatic carbocycles. The molecule has 232 valence electrons. The van der Waals surface area contributed by atoms with Crippen molar-refractivity contribution in [1.29, 1.82) is 0 Å². The van der Waals surface area contributed by atoms with E-state index in [1.54, 1.807) is 30.3 Å². The van der Waals surface area contributed by atoms with Crippen molar-refractivity contribution in [2.45, 2.75) is 58.5 Å². The highest BCUT2D eigenvalue weighted by Crippen LogP contribution is 2.51. The molecule has 2 amide bonds. The van der Waals surface area contributed by atoms with Gasteiger partial charge in [0.15, 0.2) is 6.10 Å². The molecule has 0 radical (unpaired) electrons. The van der Waals surface area contributed by atoms with Gasteiger partial charge in [-0.05, 0) is 66.0 Å². The standard InChI is InChI=1S/C32H31F3N2O6S/c1-31(2,3)18-12-15-21-22(16-18)44-29(23(21)30(40)41-4)36-27(38)24-25(17-10-13-20(14-11-17)42-32(33,34)35)37(43-26(24)28(36)39)19-8-6-5-7-9-19/h5-11,13-14,18,24-26H,12,15-16H2,1-4H3/t18-,24+,25-,26-/m1/s1. The van der Waals surface area contributed by atoms with Gasteiger partial charge in [-0.3, -0.25) is 14.4 Å². The van der Waals surface area contributed by atoms with Gasteiger partial charge in [-0.2, -0.15) is 0 Å². The Balaban J connectivity index is 1.40. The van der Waals surface area contributed by atoms with Gasteiger partial charge in [0.1, 0.15) is 16.7 Å². The number of methoxy groups -OCH3 is 1. The van der Waals surface area contributed by atoms with Crippen molar-refractivity contribution < 1.29 is 41.9 Å². The van der Waals surface area contributed by atoms with Crippen LogP contribution in [0.15, 0.2) is 54.6 Å². The highest BCUT2D eigenvalue weighted by atomic mass is 32.1. The molecule has 2 aromatic carbocycles. The molecule has 2 fully saturated rings. The fourth-order valence-corrected chi connectivity index (χ4v) is 7.82. The van der Waals surface area contributed by atoms with Crippen LogP contribution in [0.1, 0.15) is 59.6 Å². The van der Waals surface area contributed by atoms with E-state index in [1.165, 1.54) is 35.6 Å². The number of halogens is 3. The van der Waals surface area contributed by atoms with Crippen molar-refractivity contribution in [3.05, 3.63) is 76.2 Å². The van der Waals surface area contributed by atoms with E-state index in [2.05, 4.69) is 25.5 Å². The molecule has 6 rings (SSSR count). The van der Waals surface area contributed by atoms with Crippen molar-refractivity contribution in [1.82, 2.24) is 0 Å². The van der Waals surface area contributed by atoms with Gasteiger partial charge < -0.3 is 9.47 Å². The normalized spacial score (nSPS) is 23.5. The highest BCUT2D eigenvalue weighted by Gasteiger charge is 2.61. The average Bonchev–Trinajstić information content (AvgIpc) is 3.62. The molecule has 0 saturated carbocycles. The summed E-state index contributed by atoms with van der Waals surface area (Å²) in [7, 11) is 1.27. The number of benzene rings is 2. The van der Waals surface area contributed by atoms with Crippen molar-refractivity contribution in [3.8, 4) is 5.75 Å². The summed E-state index contributed by atoms with van der Waals surface area (Å²) >= 11 is 1.26. The molecule has 2 saturated heterocycles. The molecule has 0 spiro atoms. The number of hydrogen-bond acceptors (Lipinski definition) is 8. The number of hydroxylamine groups is 1. The number of rotatable bonds is 5. The summed E-state index contributed by atoms with van der Waals surface area (Å²) in [6.45, 7) is 6.51. The number of carbonyl (C=O) groups excluding carboxylic acids is 3. The van der Waals surface area contributed by atoms with Crippen LogP contribution in [0.25, 0.3) is 0 Å². The number of nitrogens with zero attached hydrogens (tertiary/aromatic N) is 2. The van der Waals surface area contributed by atoms with E-state index in [1.807, 2.05) is 0 Å². The molecule has 1 aromatic heterocycles. The van der Waals surface area contributed by atoms with Gasteiger partial charge in [-0.25, -0.2) is 14.8 Å². The average molecular weight is 629 g/mol. The second-order valence-corrected chi connectivity index (χ2v) is 13.4. The minimum absolute atomic E-state index is 0.0340. The number of alkyl halides is 3. The number of imide groups is 1. The van der Waals surface area contributed by atoms with Gasteiger partial charge in [0, 0.05) is 4.88 Å². The first-order chi connectivity index (χ1) is 20.8. The molecule has 44 heavy (non-hydrogen) atoms. The minimum Gasteiger partial charge on any atom is -0.465 e. The van der Waals surface area contributed by atoms with Gasteiger partial charge in [0.2, 0.25) is 5.91 Å². The molecule has 12 heteroatoms. The zero-order valence-electron chi connectivity index (χ0n) is 24.5. The Hall–Kier alpha value is -3.90. The Kier molecular flexibility index (Phi) is 7.48. The lowest BCUT2D eigenvalue weighted by Crippen LogP contribution is -2.37. The fourth-order valence-electron chi connectivity index (χ4n) is 6.40. The Labute approximate surface area is 256 Å². The van der Waals surface area contributed by atoms with Crippen molar-refractivity contribution in [3.63, 3.8) is 0 Å². The maximum absolute atomic E-state index is 14.3. The second-order valence-electron chi connectivity index (χ2n) is 12.3. The van der Waals surface area contributed by atoms with Crippen LogP contribution in [0.5, 0.6) is 5.75 Å². The Morgan fingerprint density at radius 2 is 1.68 bits per heavy atom. The molecule has 3 aromatic rings. The van der Waals surface area contributed by atoms with Crippen molar-refractivity contribution in [2.75, 3.05) is 17.1 Å². The van der Waals surface area contributed by atoms with E-state index in [0.717, 1.165) is 33.9 Å². The van der Waals surface area contributed by atoms with Crippen LogP contribution >= 0.6 is 11.3 Å². The zero-order chi connectivity index (χ0) is 31.6. The summed E-state index contributed by atoms with van der Waals surface area (Å²) in [6.07, 6.45) is -3.89. The van der Waals surface area contributed by atoms with Crippen LogP contribution in [-0.2, 0) is 32.0 Å². The van der Waals surface area contributed by atoms with E-state index in [9.17, 15) is 27.6 Å². The third-order valence-corrected chi connectivity index (χ3v) is 9.88. The molecular formula is C32H31F3N2O6S. The molecule has 8 nitrogen and oxygen atoms in total. The maximum atomic E-state index is 14.3. The summed E-state index contributed by atoms with van der Waals surface area (Å²) in [4.78, 5) is 49.6. The van der Waals surface area contributed by atoms with E-state index < -0.39 is 48.0 Å². The third kappa shape index (κ3) is 5.23. The molecule has 0 N–H and O–H groups in total. The number of hydrogen-bond donors (Lipinski definition) is 0. The van der Waals surface area contributed by atoms with Gasteiger partial charge in [-0.15, -0.1) is 24.5 Å². The number of amides is 2. The number of esters is 1. The number of ether oxygens (including phenoxy) is 2. The lowest BCUT2D eigenvalue weighted by atomic mass is 9.72. The predicted octanol–water partition coefficient (Wildman–Crippen LogP) is 6.64. The van der Waals surface area contributed by atoms with Crippen LogP contribution in [0, 0.1) is 17.3 Å². The van der Waals surface area contributed by atoms with Crippen LogP contribution in [0.3, 0.4) is 0 Å². The molecule has 0 unspecified atom stereocenters. The number of fused-ring (bicyclic) bond motifs is 2. The molecule has 0 bridgehead atoms. The lowest BCUT2D eigenvalue weighted by Gasteiger charge is -2.33. The SMILES string of the molecule is COC(=O)c1c(N2C(=O)[C@H]3[C@@H](c4ccc(OC(F)(F)F)cc4)N(c4ccccc4)O[C@H]3C2=O)sc2c1CC[C@@H](C(C)(C)C)C2. The van der Waals surface area contributed by atoms with Gasteiger partial charge in [0.25, 0.3) is 5.91 Å². The molecule has 3 aliphatic rings. The van der Waals surface area contributed by atoms with Crippen LogP contribution in [0.4, 0.5) is 23.9 Å². The minimum atomic E-state index is -4.86.